The molecule has 25 heavy (non-hydrogen) atoms. The first kappa shape index (κ1) is 21.3. The lowest BCUT2D eigenvalue weighted by atomic mass is 10.2. The number of ether oxygens (including phenoxy) is 3. The summed E-state index contributed by atoms with van der Waals surface area (Å²) in [5.41, 5.74) is 0.877. The fourth-order valence-corrected chi connectivity index (χ4v) is 2.26. The number of fused-ring (bicyclic) bond motifs is 1. The molecule has 0 atom stereocenters. The molecule has 0 spiro atoms. The topological polar surface area (TPSA) is 81.2 Å². The Hall–Kier alpha value is -1.71. The summed E-state index contributed by atoms with van der Waals surface area (Å²) in [7, 11) is 3.12. The number of guanidine groups is 1. The van der Waals surface area contributed by atoms with Crippen LogP contribution >= 0.6 is 24.0 Å². The van der Waals surface area contributed by atoms with E-state index in [4.69, 9.17) is 9.47 Å². The molecule has 1 aliphatic heterocycles. The molecule has 0 radical (unpaired) electrons. The summed E-state index contributed by atoms with van der Waals surface area (Å²) in [5, 5.41) is 6.44. The molecule has 1 aromatic rings. The molecule has 140 valence electrons. The van der Waals surface area contributed by atoms with Crippen molar-refractivity contribution in [3.05, 3.63) is 18.2 Å². The fraction of sp³-hybridized carbons (Fsp3) is 0.529. The number of nitrogens with zero attached hydrogens (tertiary/aromatic N) is 1. The molecule has 1 aliphatic rings. The van der Waals surface area contributed by atoms with Crippen LogP contribution in [0.1, 0.15) is 25.7 Å². The highest BCUT2D eigenvalue weighted by Gasteiger charge is 2.11. The Morgan fingerprint density at radius 3 is 2.72 bits per heavy atom. The lowest BCUT2D eigenvalue weighted by molar-refractivity contribution is -0.140. The van der Waals surface area contributed by atoms with Gasteiger partial charge in [-0.25, -0.2) is 0 Å². The number of esters is 1. The largest absolute Gasteiger partial charge is 0.490 e. The summed E-state index contributed by atoms with van der Waals surface area (Å²) >= 11 is 0. The van der Waals surface area contributed by atoms with E-state index in [0.717, 1.165) is 43.0 Å². The summed E-state index contributed by atoms with van der Waals surface area (Å²) in [4.78, 5) is 15.2. The first-order valence-corrected chi connectivity index (χ1v) is 8.17. The van der Waals surface area contributed by atoms with Crippen molar-refractivity contribution >= 4 is 41.6 Å². The van der Waals surface area contributed by atoms with Gasteiger partial charge in [0.25, 0.3) is 0 Å². The van der Waals surface area contributed by atoms with Gasteiger partial charge < -0.3 is 24.8 Å². The number of carbonyl (C=O) groups excluding carboxylic acids is 1. The SMILES string of the molecule is CN=C(NCCCCC(=O)OC)Nc1ccc2c(c1)OCCCO2.I. The Bertz CT molecular complexity index is 581. The summed E-state index contributed by atoms with van der Waals surface area (Å²) < 4.78 is 15.9. The minimum Gasteiger partial charge on any atom is -0.490 e. The predicted molar refractivity (Wildman–Crippen MR) is 108 cm³/mol. The zero-order valence-corrected chi connectivity index (χ0v) is 17.0. The van der Waals surface area contributed by atoms with Gasteiger partial charge in [0.15, 0.2) is 17.5 Å². The van der Waals surface area contributed by atoms with Crippen LogP contribution in [0.15, 0.2) is 23.2 Å². The van der Waals surface area contributed by atoms with Crippen LogP contribution < -0.4 is 20.1 Å². The molecular weight excluding hydrogens is 437 g/mol. The number of nitrogens with one attached hydrogen (secondary N) is 2. The molecule has 8 heteroatoms. The lowest BCUT2D eigenvalue weighted by Crippen LogP contribution is -2.31. The third kappa shape index (κ3) is 7.37. The van der Waals surface area contributed by atoms with E-state index in [1.54, 1.807) is 7.05 Å². The summed E-state index contributed by atoms with van der Waals surface area (Å²) in [5.74, 6) is 2.00. The van der Waals surface area contributed by atoms with Gasteiger partial charge in [-0.2, -0.15) is 0 Å². The van der Waals surface area contributed by atoms with E-state index in [1.807, 2.05) is 18.2 Å². The average Bonchev–Trinajstić information content (AvgIpc) is 2.85. The van der Waals surface area contributed by atoms with Gasteiger partial charge in [-0.3, -0.25) is 9.79 Å². The quantitative estimate of drug-likeness (QED) is 0.222. The zero-order valence-electron chi connectivity index (χ0n) is 14.7. The minimum atomic E-state index is -0.176. The third-order valence-electron chi connectivity index (χ3n) is 3.56. The van der Waals surface area contributed by atoms with Gasteiger partial charge in [0.2, 0.25) is 0 Å². The van der Waals surface area contributed by atoms with E-state index in [1.165, 1.54) is 7.11 Å². The van der Waals surface area contributed by atoms with Crippen molar-refractivity contribution in [2.24, 2.45) is 4.99 Å². The van der Waals surface area contributed by atoms with Crippen LogP contribution in [0.2, 0.25) is 0 Å². The standard InChI is InChI=1S/C17H25N3O4.HI/c1-18-17(19-9-4-3-6-16(21)22-2)20-13-7-8-14-15(12-13)24-11-5-10-23-14;/h7-8,12H,3-6,9-11H2,1-2H3,(H2,18,19,20);1H. The average molecular weight is 463 g/mol. The number of carbonyl (C=O) groups is 1. The first-order valence-electron chi connectivity index (χ1n) is 8.17. The van der Waals surface area contributed by atoms with Crippen molar-refractivity contribution < 1.29 is 19.0 Å². The second-order valence-electron chi connectivity index (χ2n) is 5.37. The Morgan fingerprint density at radius 2 is 2.00 bits per heavy atom. The Balaban J connectivity index is 0.00000312. The summed E-state index contributed by atoms with van der Waals surface area (Å²) in [6, 6.07) is 5.73. The van der Waals surface area contributed by atoms with Crippen LogP contribution in [0.25, 0.3) is 0 Å². The molecule has 1 heterocycles. The van der Waals surface area contributed by atoms with Crippen LogP contribution in [0.5, 0.6) is 11.5 Å². The molecule has 0 aromatic heterocycles. The smallest absolute Gasteiger partial charge is 0.305 e. The molecule has 0 bridgehead atoms. The summed E-state index contributed by atoms with van der Waals surface area (Å²) in [6.45, 7) is 2.05. The van der Waals surface area contributed by atoms with E-state index in [2.05, 4.69) is 20.4 Å². The normalized spacial score (nSPS) is 13.3. The van der Waals surface area contributed by atoms with Crippen molar-refractivity contribution in [3.8, 4) is 11.5 Å². The Morgan fingerprint density at radius 1 is 1.24 bits per heavy atom. The van der Waals surface area contributed by atoms with Crippen molar-refractivity contribution in [1.82, 2.24) is 5.32 Å². The molecule has 7 nitrogen and oxygen atoms in total. The number of methoxy groups -OCH3 is 1. The van der Waals surface area contributed by atoms with E-state index < -0.39 is 0 Å². The Kier molecular flexibility index (Phi) is 10.0. The molecule has 0 amide bonds. The molecule has 2 N–H and O–H groups in total. The van der Waals surface area contributed by atoms with Gasteiger partial charge in [-0.15, -0.1) is 24.0 Å². The zero-order chi connectivity index (χ0) is 17.2. The molecular formula is C17H26IN3O4. The van der Waals surface area contributed by atoms with Crippen molar-refractivity contribution in [1.29, 1.82) is 0 Å². The Labute approximate surface area is 165 Å². The van der Waals surface area contributed by atoms with Crippen LogP contribution in [-0.4, -0.2) is 45.8 Å². The maximum absolute atomic E-state index is 11.0. The summed E-state index contributed by atoms with van der Waals surface area (Å²) in [6.07, 6.45) is 2.95. The van der Waals surface area contributed by atoms with Crippen LogP contribution in [0.4, 0.5) is 5.69 Å². The van der Waals surface area contributed by atoms with Crippen molar-refractivity contribution in [2.75, 3.05) is 39.2 Å². The lowest BCUT2D eigenvalue weighted by Gasteiger charge is -2.14. The molecule has 0 saturated carbocycles. The van der Waals surface area contributed by atoms with Gasteiger partial charge in [0.05, 0.1) is 20.3 Å². The molecule has 0 aliphatic carbocycles. The number of anilines is 1. The number of hydrogen-bond donors (Lipinski definition) is 2. The highest BCUT2D eigenvalue weighted by atomic mass is 127. The molecule has 0 fully saturated rings. The van der Waals surface area contributed by atoms with E-state index in [-0.39, 0.29) is 29.9 Å². The highest BCUT2D eigenvalue weighted by molar-refractivity contribution is 14.0. The van der Waals surface area contributed by atoms with Crippen LogP contribution in [0.3, 0.4) is 0 Å². The number of hydrogen-bond acceptors (Lipinski definition) is 5. The van der Waals surface area contributed by atoms with E-state index in [9.17, 15) is 4.79 Å². The highest BCUT2D eigenvalue weighted by Crippen LogP contribution is 2.32. The van der Waals surface area contributed by atoms with Gasteiger partial charge in [-0.1, -0.05) is 0 Å². The monoisotopic (exact) mass is 463 g/mol. The maximum Gasteiger partial charge on any atom is 0.305 e. The second-order valence-corrected chi connectivity index (χ2v) is 5.37. The van der Waals surface area contributed by atoms with E-state index in [0.29, 0.717) is 25.6 Å². The number of halogens is 1. The molecule has 2 rings (SSSR count). The molecule has 0 saturated heterocycles. The van der Waals surface area contributed by atoms with Gasteiger partial charge >= 0.3 is 5.97 Å². The fourth-order valence-electron chi connectivity index (χ4n) is 2.26. The van der Waals surface area contributed by atoms with Gasteiger partial charge in [0, 0.05) is 38.2 Å². The minimum absolute atomic E-state index is 0. The maximum atomic E-state index is 11.0. The predicted octanol–water partition coefficient (Wildman–Crippen LogP) is 2.80. The third-order valence-corrected chi connectivity index (χ3v) is 3.56. The number of aliphatic imine (C=N–C) groups is 1. The van der Waals surface area contributed by atoms with Gasteiger partial charge in [0.1, 0.15) is 0 Å². The van der Waals surface area contributed by atoms with Gasteiger partial charge in [-0.05, 0) is 25.0 Å². The number of benzene rings is 1. The molecule has 0 unspecified atom stereocenters. The second kappa shape index (κ2) is 11.8. The number of unbranched alkanes of at least 4 members (excludes halogenated alkanes) is 1. The van der Waals surface area contributed by atoms with Crippen LogP contribution in [0, 0.1) is 0 Å². The van der Waals surface area contributed by atoms with Crippen molar-refractivity contribution in [3.63, 3.8) is 0 Å². The van der Waals surface area contributed by atoms with E-state index >= 15 is 0 Å². The number of rotatable bonds is 6. The van der Waals surface area contributed by atoms with Crippen LogP contribution in [-0.2, 0) is 9.53 Å². The first-order chi connectivity index (χ1) is 11.7. The molecule has 1 aromatic carbocycles. The van der Waals surface area contributed by atoms with Crippen molar-refractivity contribution in [2.45, 2.75) is 25.7 Å².